The van der Waals surface area contributed by atoms with Crippen molar-refractivity contribution in [2.45, 2.75) is 31.9 Å². The Bertz CT molecular complexity index is 935. The molecule has 0 fully saturated rings. The minimum atomic E-state index is -1.34. The molecule has 0 radical (unpaired) electrons. The standard InChI is InChI=1S/C20H25N3O9S.C2H6/c1-23(17(25)4-3-9-24)32-18(26)14-29-11-10-28-12-13-30-16-7-5-15(6-8-16)19-21-22-20(31-19)33(2)27;1-2/h5-9H,3-4,10-14H2,1-2H3;1-2H3. The van der Waals surface area contributed by atoms with Crippen LogP contribution in [0.15, 0.2) is 33.9 Å². The average molecular weight is 514 g/mol. The number of aldehydes is 1. The summed E-state index contributed by atoms with van der Waals surface area (Å²) in [6, 6.07) is 6.95. The van der Waals surface area contributed by atoms with Crippen LogP contribution < -0.4 is 4.74 Å². The van der Waals surface area contributed by atoms with Crippen molar-refractivity contribution in [2.75, 3.05) is 46.3 Å². The molecule has 1 amide bonds. The number of carbonyl (C=O) groups is 3. The van der Waals surface area contributed by atoms with Crippen molar-refractivity contribution >= 4 is 29.0 Å². The smallest absolute Gasteiger partial charge is 0.357 e. The van der Waals surface area contributed by atoms with E-state index >= 15 is 0 Å². The van der Waals surface area contributed by atoms with Gasteiger partial charge in [-0.2, -0.15) is 5.06 Å². The monoisotopic (exact) mass is 513 g/mol. The van der Waals surface area contributed by atoms with Crippen LogP contribution in [0, 0.1) is 0 Å². The first-order valence-electron chi connectivity index (χ1n) is 10.9. The first-order chi connectivity index (χ1) is 16.9. The second-order valence-corrected chi connectivity index (χ2v) is 7.68. The van der Waals surface area contributed by atoms with Crippen LogP contribution in [0.5, 0.6) is 5.75 Å². The van der Waals surface area contributed by atoms with Crippen molar-refractivity contribution in [3.05, 3.63) is 24.3 Å². The molecule has 0 saturated heterocycles. The number of hydrogen-bond acceptors (Lipinski definition) is 11. The number of benzene rings is 1. The molecular formula is C22H31N3O9S. The molecule has 2 aromatic rings. The molecule has 12 nitrogen and oxygen atoms in total. The maximum absolute atomic E-state index is 11.6. The summed E-state index contributed by atoms with van der Waals surface area (Å²) in [6.07, 6.45) is 2.10. The summed E-state index contributed by atoms with van der Waals surface area (Å²) >= 11 is 0. The van der Waals surface area contributed by atoms with Gasteiger partial charge in [0.2, 0.25) is 5.89 Å². The lowest BCUT2D eigenvalue weighted by atomic mass is 10.2. The molecule has 0 aliphatic heterocycles. The highest BCUT2D eigenvalue weighted by atomic mass is 32.2. The maximum atomic E-state index is 11.6. The van der Waals surface area contributed by atoms with Crippen LogP contribution in [-0.2, 0) is 39.5 Å². The van der Waals surface area contributed by atoms with E-state index in [1.54, 1.807) is 24.3 Å². The second-order valence-electron chi connectivity index (χ2n) is 6.42. The predicted molar refractivity (Wildman–Crippen MR) is 125 cm³/mol. The summed E-state index contributed by atoms with van der Waals surface area (Å²) in [5, 5.41) is 8.42. The highest BCUT2D eigenvalue weighted by Gasteiger charge is 2.14. The van der Waals surface area contributed by atoms with E-state index in [4.69, 9.17) is 23.5 Å². The third-order valence-electron chi connectivity index (χ3n) is 3.91. The number of amides is 1. The molecule has 0 aliphatic carbocycles. The lowest BCUT2D eigenvalue weighted by molar-refractivity contribution is -0.196. The first kappa shape index (κ1) is 29.9. The van der Waals surface area contributed by atoms with Gasteiger partial charge in [0.15, 0.2) is 0 Å². The highest BCUT2D eigenvalue weighted by molar-refractivity contribution is 7.84. The normalized spacial score (nSPS) is 11.1. The molecule has 13 heteroatoms. The molecule has 1 atom stereocenters. The molecule has 0 aliphatic rings. The van der Waals surface area contributed by atoms with Gasteiger partial charge in [-0.3, -0.25) is 4.79 Å². The van der Waals surface area contributed by atoms with E-state index < -0.39 is 22.7 Å². The molecule has 1 heterocycles. The number of hydrogen-bond donors (Lipinski definition) is 0. The molecule has 0 spiro atoms. The molecule has 1 unspecified atom stereocenters. The van der Waals surface area contributed by atoms with Gasteiger partial charge in [-0.05, 0) is 24.3 Å². The Balaban J connectivity index is 0.00000298. The Morgan fingerprint density at radius 1 is 1.06 bits per heavy atom. The van der Waals surface area contributed by atoms with Crippen molar-refractivity contribution in [3.8, 4) is 17.2 Å². The van der Waals surface area contributed by atoms with Gasteiger partial charge in [-0.1, -0.05) is 18.9 Å². The van der Waals surface area contributed by atoms with E-state index in [1.165, 1.54) is 13.3 Å². The maximum Gasteiger partial charge on any atom is 0.357 e. The van der Waals surface area contributed by atoms with Gasteiger partial charge in [0.1, 0.15) is 36.0 Å². The Morgan fingerprint density at radius 3 is 2.34 bits per heavy atom. The molecule has 1 aromatic carbocycles. The fourth-order valence-corrected chi connectivity index (χ4v) is 2.65. The zero-order valence-electron chi connectivity index (χ0n) is 20.3. The fourth-order valence-electron chi connectivity index (χ4n) is 2.30. The van der Waals surface area contributed by atoms with Crippen molar-refractivity contribution in [1.29, 1.82) is 0 Å². The summed E-state index contributed by atoms with van der Waals surface area (Å²) in [5.74, 6) is -0.322. The van der Waals surface area contributed by atoms with Crippen molar-refractivity contribution in [2.24, 2.45) is 0 Å². The van der Waals surface area contributed by atoms with E-state index in [0.29, 0.717) is 30.8 Å². The minimum Gasteiger partial charge on any atom is -0.491 e. The van der Waals surface area contributed by atoms with Crippen molar-refractivity contribution < 1.29 is 42.1 Å². The third kappa shape index (κ3) is 11.7. The highest BCUT2D eigenvalue weighted by Crippen LogP contribution is 2.22. The molecular weight excluding hydrogens is 482 g/mol. The van der Waals surface area contributed by atoms with Gasteiger partial charge < -0.3 is 28.3 Å². The predicted octanol–water partition coefficient (Wildman–Crippen LogP) is 1.81. The largest absolute Gasteiger partial charge is 0.491 e. The summed E-state index contributed by atoms with van der Waals surface area (Å²) in [4.78, 5) is 38.1. The molecule has 194 valence electrons. The summed E-state index contributed by atoms with van der Waals surface area (Å²) in [6.45, 7) is 4.66. The van der Waals surface area contributed by atoms with Gasteiger partial charge in [-0.15, -0.1) is 5.10 Å². The minimum absolute atomic E-state index is 0.0319. The molecule has 0 bridgehead atoms. The summed E-state index contributed by atoms with van der Waals surface area (Å²) in [5.41, 5.74) is 0.676. The molecule has 1 aromatic heterocycles. The SMILES string of the molecule is CC.CN(OC(=O)COCCOCCOc1ccc(-c2nnc(S(C)=O)o2)cc1)C(=O)CCC=O. The van der Waals surface area contributed by atoms with Gasteiger partial charge in [-0.25, -0.2) is 9.00 Å². The van der Waals surface area contributed by atoms with E-state index in [-0.39, 0.29) is 43.8 Å². The Hall–Kier alpha value is -3.16. The molecule has 35 heavy (non-hydrogen) atoms. The number of hydroxylamine groups is 2. The summed E-state index contributed by atoms with van der Waals surface area (Å²) < 4.78 is 32.7. The quantitative estimate of drug-likeness (QED) is 0.207. The van der Waals surface area contributed by atoms with Gasteiger partial charge in [0.05, 0.1) is 19.8 Å². The lowest BCUT2D eigenvalue weighted by Gasteiger charge is -2.15. The van der Waals surface area contributed by atoms with Gasteiger partial charge >= 0.3 is 11.2 Å². The number of aromatic nitrogens is 2. The van der Waals surface area contributed by atoms with Crippen LogP contribution in [0.3, 0.4) is 0 Å². The lowest BCUT2D eigenvalue weighted by Crippen LogP contribution is -2.31. The number of rotatable bonds is 14. The van der Waals surface area contributed by atoms with E-state index in [1.807, 2.05) is 13.8 Å². The Morgan fingerprint density at radius 2 is 1.71 bits per heavy atom. The molecule has 0 N–H and O–H groups in total. The Kier molecular flexibility index (Phi) is 14.8. The van der Waals surface area contributed by atoms with Crippen LogP contribution in [0.4, 0.5) is 0 Å². The summed E-state index contributed by atoms with van der Waals surface area (Å²) in [7, 11) is -0.0477. The van der Waals surface area contributed by atoms with Crippen LogP contribution in [0.25, 0.3) is 11.5 Å². The van der Waals surface area contributed by atoms with E-state index in [2.05, 4.69) is 10.2 Å². The first-order valence-corrected chi connectivity index (χ1v) is 12.4. The second kappa shape index (κ2) is 17.3. The van der Waals surface area contributed by atoms with Gasteiger partial charge in [0.25, 0.3) is 5.91 Å². The van der Waals surface area contributed by atoms with Crippen molar-refractivity contribution in [1.82, 2.24) is 15.3 Å². The topological polar surface area (TPSA) is 147 Å². The fraction of sp³-hybridized carbons (Fsp3) is 0.500. The number of ether oxygens (including phenoxy) is 3. The zero-order chi connectivity index (χ0) is 26.1. The number of carbonyl (C=O) groups excluding carboxylic acids is 3. The molecule has 0 saturated carbocycles. The third-order valence-corrected chi connectivity index (χ3v) is 4.56. The van der Waals surface area contributed by atoms with Crippen LogP contribution in [0.1, 0.15) is 26.7 Å². The number of nitrogens with zero attached hydrogens (tertiary/aromatic N) is 3. The Labute approximate surface area is 206 Å². The van der Waals surface area contributed by atoms with Crippen LogP contribution in [0.2, 0.25) is 0 Å². The average Bonchev–Trinajstić information content (AvgIpc) is 3.36. The van der Waals surface area contributed by atoms with Crippen LogP contribution in [-0.4, -0.2) is 84.0 Å². The molecule has 2 rings (SSSR count). The zero-order valence-corrected chi connectivity index (χ0v) is 21.1. The van der Waals surface area contributed by atoms with Gasteiger partial charge in [0, 0.05) is 31.7 Å². The van der Waals surface area contributed by atoms with E-state index in [9.17, 15) is 18.6 Å². The van der Waals surface area contributed by atoms with Crippen molar-refractivity contribution in [3.63, 3.8) is 0 Å². The van der Waals surface area contributed by atoms with Crippen LogP contribution >= 0.6 is 0 Å². The van der Waals surface area contributed by atoms with E-state index in [0.717, 1.165) is 5.06 Å².